The highest BCUT2D eigenvalue weighted by molar-refractivity contribution is 5.85. The number of fused-ring (bicyclic) bond motifs is 1. The second-order valence-corrected chi connectivity index (χ2v) is 10.0. The molecule has 0 spiro atoms. The van der Waals surface area contributed by atoms with Crippen LogP contribution in [0, 0.1) is 23.7 Å². The van der Waals surface area contributed by atoms with Crippen molar-refractivity contribution in [1.29, 1.82) is 5.26 Å². The molecule has 1 N–H and O–H groups in total. The number of aliphatic hydroxyl groups is 1. The van der Waals surface area contributed by atoms with Crippen LogP contribution in [-0.2, 0) is 6.54 Å². The lowest BCUT2D eigenvalue weighted by molar-refractivity contribution is 0.0283. The number of rotatable bonds is 7. The minimum absolute atomic E-state index is 0.125. The van der Waals surface area contributed by atoms with Crippen LogP contribution in [0.15, 0.2) is 55.1 Å². The molecule has 9 nitrogen and oxygen atoms in total. The van der Waals surface area contributed by atoms with E-state index in [4.69, 9.17) is 16.1 Å². The monoisotopic (exact) mass is 507 g/mol. The molecule has 0 aliphatic carbocycles. The van der Waals surface area contributed by atoms with Gasteiger partial charge in [-0.3, -0.25) is 4.90 Å². The Morgan fingerprint density at radius 3 is 2.53 bits per heavy atom. The minimum atomic E-state index is -0.978. The van der Waals surface area contributed by atoms with Gasteiger partial charge in [0.15, 0.2) is 0 Å². The van der Waals surface area contributed by atoms with E-state index in [1.54, 1.807) is 30.8 Å². The third-order valence-corrected chi connectivity index (χ3v) is 6.43. The summed E-state index contributed by atoms with van der Waals surface area (Å²) in [4.78, 5) is 13.7. The topological polar surface area (TPSA) is 103 Å². The van der Waals surface area contributed by atoms with Crippen LogP contribution in [0.3, 0.4) is 0 Å². The number of hydrogen-bond donors (Lipinski definition) is 1. The molecule has 0 aromatic carbocycles. The van der Waals surface area contributed by atoms with Gasteiger partial charge in [0.05, 0.1) is 29.1 Å². The lowest BCUT2D eigenvalue weighted by Gasteiger charge is -2.35. The van der Waals surface area contributed by atoms with Crippen LogP contribution < -0.4 is 9.64 Å². The quantitative estimate of drug-likeness (QED) is 0.381. The summed E-state index contributed by atoms with van der Waals surface area (Å²) in [5.74, 6) is 4.01. The fourth-order valence-corrected chi connectivity index (χ4v) is 4.47. The number of piperazine rings is 1. The van der Waals surface area contributed by atoms with Gasteiger partial charge in [-0.05, 0) is 43.7 Å². The predicted octanol–water partition coefficient (Wildman–Crippen LogP) is 3.12. The molecule has 0 saturated carbocycles. The molecule has 0 unspecified atom stereocenters. The van der Waals surface area contributed by atoms with Crippen LogP contribution in [0.1, 0.15) is 30.7 Å². The fourth-order valence-electron chi connectivity index (χ4n) is 4.47. The number of ether oxygens (including phenoxy) is 1. The van der Waals surface area contributed by atoms with Gasteiger partial charge < -0.3 is 14.7 Å². The largest absolute Gasteiger partial charge is 0.489 e. The second kappa shape index (κ2) is 10.5. The Balaban J connectivity index is 1.31. The van der Waals surface area contributed by atoms with Gasteiger partial charge in [0.25, 0.3) is 0 Å². The molecule has 0 atom stereocenters. The van der Waals surface area contributed by atoms with Crippen molar-refractivity contribution in [2.45, 2.75) is 26.0 Å². The third-order valence-electron chi connectivity index (χ3n) is 6.43. The summed E-state index contributed by atoms with van der Waals surface area (Å²) in [6, 6.07) is 12.0. The van der Waals surface area contributed by atoms with E-state index in [0.717, 1.165) is 55.2 Å². The summed E-state index contributed by atoms with van der Waals surface area (Å²) in [5.41, 5.74) is 3.63. The number of pyridine rings is 3. The van der Waals surface area contributed by atoms with Crippen LogP contribution >= 0.6 is 0 Å². The molecule has 4 aromatic rings. The molecule has 9 heteroatoms. The first kappa shape index (κ1) is 25.2. The van der Waals surface area contributed by atoms with E-state index in [-0.39, 0.29) is 6.61 Å². The molecular weight excluding hydrogens is 478 g/mol. The van der Waals surface area contributed by atoms with Crippen molar-refractivity contribution in [3.8, 4) is 35.3 Å². The molecule has 0 amide bonds. The van der Waals surface area contributed by atoms with E-state index in [0.29, 0.717) is 22.5 Å². The molecule has 1 saturated heterocycles. The summed E-state index contributed by atoms with van der Waals surface area (Å²) in [5, 5.41) is 24.0. The van der Waals surface area contributed by atoms with Crippen LogP contribution in [0.25, 0.3) is 16.6 Å². The summed E-state index contributed by atoms with van der Waals surface area (Å²) >= 11 is 0. The highest BCUT2D eigenvalue weighted by Gasteiger charge is 2.20. The smallest absolute Gasteiger partial charge is 0.138 e. The highest BCUT2D eigenvalue weighted by atomic mass is 16.5. The lowest BCUT2D eigenvalue weighted by atomic mass is 10.1. The summed E-state index contributed by atoms with van der Waals surface area (Å²) < 4.78 is 7.46. The zero-order chi connectivity index (χ0) is 26.7. The Hall–Kier alpha value is -4.44. The van der Waals surface area contributed by atoms with E-state index < -0.39 is 5.60 Å². The number of anilines is 1. The van der Waals surface area contributed by atoms with Crippen molar-refractivity contribution in [3.63, 3.8) is 0 Å². The molecular formula is C29H29N7O2. The molecule has 192 valence electrons. The summed E-state index contributed by atoms with van der Waals surface area (Å²) in [6.07, 6.45) is 12.3. The van der Waals surface area contributed by atoms with Gasteiger partial charge in [-0.15, -0.1) is 6.42 Å². The average Bonchev–Trinajstić information content (AvgIpc) is 3.35. The van der Waals surface area contributed by atoms with E-state index in [9.17, 15) is 10.4 Å². The molecule has 5 rings (SSSR count). The first-order chi connectivity index (χ1) is 18.3. The summed E-state index contributed by atoms with van der Waals surface area (Å²) in [7, 11) is 0. The maximum Gasteiger partial charge on any atom is 0.138 e. The van der Waals surface area contributed by atoms with E-state index in [1.165, 1.54) is 0 Å². The lowest BCUT2D eigenvalue weighted by Crippen LogP contribution is -2.46. The molecule has 4 aromatic heterocycles. The van der Waals surface area contributed by atoms with Gasteiger partial charge in [0.2, 0.25) is 0 Å². The number of nitriles is 1. The van der Waals surface area contributed by atoms with E-state index >= 15 is 0 Å². The van der Waals surface area contributed by atoms with Crippen molar-refractivity contribution in [2.24, 2.45) is 0 Å². The van der Waals surface area contributed by atoms with E-state index in [1.807, 2.05) is 42.7 Å². The van der Waals surface area contributed by atoms with Crippen LogP contribution in [0.4, 0.5) is 5.82 Å². The average molecular weight is 508 g/mol. The first-order valence-corrected chi connectivity index (χ1v) is 12.4. The Morgan fingerprint density at radius 2 is 1.89 bits per heavy atom. The molecule has 38 heavy (non-hydrogen) atoms. The molecule has 1 aliphatic rings. The molecule has 1 aliphatic heterocycles. The molecule has 5 heterocycles. The van der Waals surface area contributed by atoms with Crippen molar-refractivity contribution in [2.75, 3.05) is 37.7 Å². The Bertz CT molecular complexity index is 1500. The highest BCUT2D eigenvalue weighted by Crippen LogP contribution is 2.31. The minimum Gasteiger partial charge on any atom is -0.489 e. The molecule has 0 bridgehead atoms. The SMILES string of the molecule is C#Cc1ccc(CN2CCN(c3ccc(-c4cc(OCC(C)(C)O)cn5ncc(C#N)c45)cn3)CC2)cn1. The first-order valence-electron chi connectivity index (χ1n) is 12.4. The molecule has 0 radical (unpaired) electrons. The zero-order valence-corrected chi connectivity index (χ0v) is 21.5. The van der Waals surface area contributed by atoms with Crippen molar-refractivity contribution >= 4 is 11.3 Å². The Labute approximate surface area is 221 Å². The van der Waals surface area contributed by atoms with Crippen LogP contribution in [-0.4, -0.2) is 68.0 Å². The van der Waals surface area contributed by atoms with Gasteiger partial charge in [0, 0.05) is 56.2 Å². The zero-order valence-electron chi connectivity index (χ0n) is 21.5. The van der Waals surface area contributed by atoms with E-state index in [2.05, 4.69) is 31.9 Å². The number of hydrogen-bond acceptors (Lipinski definition) is 8. The summed E-state index contributed by atoms with van der Waals surface area (Å²) in [6.45, 7) is 7.91. The second-order valence-electron chi connectivity index (χ2n) is 10.0. The van der Waals surface area contributed by atoms with Crippen LogP contribution in [0.5, 0.6) is 5.75 Å². The predicted molar refractivity (Wildman–Crippen MR) is 145 cm³/mol. The standard InChI is InChI=1S/C29H29N7O2/c1-4-24-7-5-21(15-31-24)18-34-9-11-35(12-10-34)27-8-6-22(16-32-27)26-13-25(38-20-29(2,3)37)19-36-28(26)23(14-30)17-33-36/h1,5-8,13,15-17,19,37H,9-12,18,20H2,2-3H3. The number of terminal acetylenes is 1. The number of nitrogens with zero attached hydrogens (tertiary/aromatic N) is 7. The fraction of sp³-hybridized carbons (Fsp3) is 0.310. The normalized spacial score (nSPS) is 14.3. The van der Waals surface area contributed by atoms with Gasteiger partial charge in [-0.1, -0.05) is 12.0 Å². The van der Waals surface area contributed by atoms with Crippen LogP contribution in [0.2, 0.25) is 0 Å². The van der Waals surface area contributed by atoms with Gasteiger partial charge >= 0.3 is 0 Å². The van der Waals surface area contributed by atoms with Crippen molar-refractivity contribution < 1.29 is 9.84 Å². The van der Waals surface area contributed by atoms with Gasteiger partial charge in [0.1, 0.15) is 29.9 Å². The van der Waals surface area contributed by atoms with Gasteiger partial charge in [-0.25, -0.2) is 14.5 Å². The Kier molecular flexibility index (Phi) is 6.97. The van der Waals surface area contributed by atoms with Crippen molar-refractivity contribution in [1.82, 2.24) is 24.5 Å². The third kappa shape index (κ3) is 5.60. The maximum atomic E-state index is 10.1. The molecule has 1 fully saturated rings. The van der Waals surface area contributed by atoms with Crippen molar-refractivity contribution in [3.05, 3.63) is 71.9 Å². The maximum absolute atomic E-state index is 10.1. The van der Waals surface area contributed by atoms with Gasteiger partial charge in [-0.2, -0.15) is 10.4 Å². The Morgan fingerprint density at radius 1 is 1.08 bits per heavy atom. The number of aromatic nitrogens is 4.